The summed E-state index contributed by atoms with van der Waals surface area (Å²) in [6, 6.07) is 0. The van der Waals surface area contributed by atoms with E-state index in [1.165, 1.54) is 25.7 Å². The summed E-state index contributed by atoms with van der Waals surface area (Å²) >= 11 is 0. The fourth-order valence-electron chi connectivity index (χ4n) is 1.71. The van der Waals surface area contributed by atoms with Crippen LogP contribution in [0.2, 0.25) is 0 Å². The first-order valence-corrected chi connectivity index (χ1v) is 4.05. The monoisotopic (exact) mass is 122 g/mol. The van der Waals surface area contributed by atoms with Crippen molar-refractivity contribution in [3.8, 4) is 0 Å². The maximum absolute atomic E-state index is 2.47. The van der Waals surface area contributed by atoms with Crippen LogP contribution >= 0.6 is 0 Å². The van der Waals surface area contributed by atoms with Gasteiger partial charge in [-0.3, -0.25) is 0 Å². The molecule has 1 saturated carbocycles. The van der Waals surface area contributed by atoms with Crippen molar-refractivity contribution in [2.75, 3.05) is 0 Å². The van der Waals surface area contributed by atoms with Crippen molar-refractivity contribution in [2.24, 2.45) is 11.8 Å². The second-order valence-corrected chi connectivity index (χ2v) is 3.60. The van der Waals surface area contributed by atoms with Crippen LogP contribution in [-0.4, -0.2) is 0 Å². The lowest BCUT2D eigenvalue weighted by Gasteiger charge is -1.99. The second-order valence-electron chi connectivity index (χ2n) is 3.60. The zero-order valence-corrected chi connectivity index (χ0v) is 6.06. The van der Waals surface area contributed by atoms with E-state index in [1.807, 2.05) is 0 Å². The van der Waals surface area contributed by atoms with E-state index in [2.05, 4.69) is 13.0 Å². The molecule has 0 spiro atoms. The topological polar surface area (TPSA) is 0 Å². The van der Waals surface area contributed by atoms with Gasteiger partial charge < -0.3 is 0 Å². The molecular formula is C9H14. The molecular weight excluding hydrogens is 108 g/mol. The largest absolute Gasteiger partial charge is 0.0848 e. The van der Waals surface area contributed by atoms with Crippen LogP contribution in [0.3, 0.4) is 0 Å². The number of hydrogen-bond donors (Lipinski definition) is 0. The third kappa shape index (κ3) is 1.03. The third-order valence-electron chi connectivity index (χ3n) is 2.47. The van der Waals surface area contributed by atoms with E-state index in [0.717, 1.165) is 11.8 Å². The van der Waals surface area contributed by atoms with Crippen LogP contribution in [0.1, 0.15) is 32.6 Å². The van der Waals surface area contributed by atoms with Crippen molar-refractivity contribution < 1.29 is 0 Å². The van der Waals surface area contributed by atoms with Crippen LogP contribution in [-0.2, 0) is 0 Å². The highest BCUT2D eigenvalue weighted by Crippen LogP contribution is 2.42. The van der Waals surface area contributed by atoms with Gasteiger partial charge in [-0.25, -0.2) is 0 Å². The van der Waals surface area contributed by atoms with Gasteiger partial charge in [0.1, 0.15) is 0 Å². The van der Waals surface area contributed by atoms with Crippen molar-refractivity contribution in [2.45, 2.75) is 32.6 Å². The van der Waals surface area contributed by atoms with E-state index in [1.54, 1.807) is 5.57 Å². The Kier molecular flexibility index (Phi) is 1.14. The SMILES string of the molecule is CC1CC=C(C2CC2)C1. The van der Waals surface area contributed by atoms with E-state index in [-0.39, 0.29) is 0 Å². The molecule has 0 aromatic carbocycles. The van der Waals surface area contributed by atoms with Gasteiger partial charge in [0.15, 0.2) is 0 Å². The van der Waals surface area contributed by atoms with E-state index in [4.69, 9.17) is 0 Å². The fourth-order valence-corrected chi connectivity index (χ4v) is 1.71. The summed E-state index contributed by atoms with van der Waals surface area (Å²) < 4.78 is 0. The van der Waals surface area contributed by atoms with Gasteiger partial charge in [0, 0.05) is 0 Å². The van der Waals surface area contributed by atoms with Crippen molar-refractivity contribution >= 4 is 0 Å². The second kappa shape index (κ2) is 1.86. The zero-order chi connectivity index (χ0) is 6.27. The van der Waals surface area contributed by atoms with Gasteiger partial charge in [0.05, 0.1) is 0 Å². The van der Waals surface area contributed by atoms with Gasteiger partial charge in [-0.05, 0) is 37.5 Å². The molecule has 0 heteroatoms. The zero-order valence-electron chi connectivity index (χ0n) is 6.06. The minimum atomic E-state index is 0.959. The minimum Gasteiger partial charge on any atom is -0.0848 e. The summed E-state index contributed by atoms with van der Waals surface area (Å²) in [6.45, 7) is 2.35. The molecule has 0 radical (unpaired) electrons. The first-order chi connectivity index (χ1) is 4.36. The Labute approximate surface area is 57.0 Å². The third-order valence-corrected chi connectivity index (χ3v) is 2.47. The molecule has 0 saturated heterocycles. The molecule has 9 heavy (non-hydrogen) atoms. The molecule has 1 atom stereocenters. The smallest absolute Gasteiger partial charge is 0.0203 e. The maximum Gasteiger partial charge on any atom is -0.0203 e. The van der Waals surface area contributed by atoms with Crippen LogP contribution in [0.15, 0.2) is 11.6 Å². The van der Waals surface area contributed by atoms with Gasteiger partial charge in [-0.2, -0.15) is 0 Å². The van der Waals surface area contributed by atoms with Crippen LogP contribution in [0.5, 0.6) is 0 Å². The van der Waals surface area contributed by atoms with Gasteiger partial charge in [-0.1, -0.05) is 18.6 Å². The summed E-state index contributed by atoms with van der Waals surface area (Å²) in [5, 5.41) is 0. The van der Waals surface area contributed by atoms with Gasteiger partial charge in [0.25, 0.3) is 0 Å². The lowest BCUT2D eigenvalue weighted by molar-refractivity contribution is 0.617. The average Bonchev–Trinajstić information content (AvgIpc) is 2.58. The highest BCUT2D eigenvalue weighted by Gasteiger charge is 2.28. The molecule has 0 heterocycles. The number of hydrogen-bond acceptors (Lipinski definition) is 0. The Hall–Kier alpha value is -0.260. The Morgan fingerprint density at radius 2 is 2.22 bits per heavy atom. The Balaban J connectivity index is 1.98. The molecule has 0 N–H and O–H groups in total. The van der Waals surface area contributed by atoms with E-state index < -0.39 is 0 Å². The van der Waals surface area contributed by atoms with Gasteiger partial charge in [0.2, 0.25) is 0 Å². The van der Waals surface area contributed by atoms with Crippen LogP contribution < -0.4 is 0 Å². The summed E-state index contributed by atoms with van der Waals surface area (Å²) in [5.41, 5.74) is 1.78. The molecule has 50 valence electrons. The Bertz CT molecular complexity index is 140. The molecule has 1 unspecified atom stereocenters. The standard InChI is InChI=1S/C9H14/c1-7-2-3-9(6-7)8-4-5-8/h3,7-8H,2,4-6H2,1H3. The summed E-state index contributed by atoms with van der Waals surface area (Å²) in [6.07, 6.45) is 8.20. The molecule has 2 aliphatic rings. The highest BCUT2D eigenvalue weighted by atomic mass is 14.3. The van der Waals surface area contributed by atoms with Crippen molar-refractivity contribution in [1.29, 1.82) is 0 Å². The molecule has 1 fully saturated rings. The molecule has 0 aliphatic heterocycles. The van der Waals surface area contributed by atoms with E-state index >= 15 is 0 Å². The van der Waals surface area contributed by atoms with Crippen LogP contribution in [0.25, 0.3) is 0 Å². The molecule has 0 amide bonds. The van der Waals surface area contributed by atoms with Crippen LogP contribution in [0, 0.1) is 11.8 Å². The molecule has 0 nitrogen and oxygen atoms in total. The lowest BCUT2D eigenvalue weighted by Crippen LogP contribution is -1.86. The number of rotatable bonds is 1. The van der Waals surface area contributed by atoms with E-state index in [9.17, 15) is 0 Å². The Morgan fingerprint density at radius 3 is 2.67 bits per heavy atom. The van der Waals surface area contributed by atoms with Crippen LogP contribution in [0.4, 0.5) is 0 Å². The minimum absolute atomic E-state index is 0.959. The predicted octanol–water partition coefficient (Wildman–Crippen LogP) is 2.75. The lowest BCUT2D eigenvalue weighted by atomic mass is 10.1. The highest BCUT2D eigenvalue weighted by molar-refractivity contribution is 5.17. The summed E-state index contributed by atoms with van der Waals surface area (Å²) in [5.74, 6) is 2.00. The molecule has 0 bridgehead atoms. The quantitative estimate of drug-likeness (QED) is 0.469. The molecule has 2 rings (SSSR count). The van der Waals surface area contributed by atoms with Crippen molar-refractivity contribution in [3.05, 3.63) is 11.6 Å². The summed E-state index contributed by atoms with van der Waals surface area (Å²) in [4.78, 5) is 0. The molecule has 0 aromatic rings. The summed E-state index contributed by atoms with van der Waals surface area (Å²) in [7, 11) is 0. The van der Waals surface area contributed by atoms with E-state index in [0.29, 0.717) is 0 Å². The first-order valence-electron chi connectivity index (χ1n) is 4.05. The van der Waals surface area contributed by atoms with Gasteiger partial charge in [-0.15, -0.1) is 0 Å². The average molecular weight is 122 g/mol. The number of allylic oxidation sites excluding steroid dienone is 2. The normalized spacial score (nSPS) is 34.8. The fraction of sp³-hybridized carbons (Fsp3) is 0.778. The van der Waals surface area contributed by atoms with Crippen molar-refractivity contribution in [3.63, 3.8) is 0 Å². The maximum atomic E-state index is 2.47. The first kappa shape index (κ1) is 5.52. The van der Waals surface area contributed by atoms with Crippen molar-refractivity contribution in [1.82, 2.24) is 0 Å². The predicted molar refractivity (Wildman–Crippen MR) is 39.2 cm³/mol. The molecule has 2 aliphatic carbocycles. The van der Waals surface area contributed by atoms with Gasteiger partial charge >= 0.3 is 0 Å². The Morgan fingerprint density at radius 1 is 1.44 bits per heavy atom. The molecule has 0 aromatic heterocycles.